The van der Waals surface area contributed by atoms with E-state index in [0.717, 1.165) is 44.1 Å². The Balaban J connectivity index is 1.76. The van der Waals surface area contributed by atoms with Crippen molar-refractivity contribution in [3.8, 4) is 0 Å². The average Bonchev–Trinajstić information content (AvgIpc) is 2.64. The highest BCUT2D eigenvalue weighted by molar-refractivity contribution is 5.93. The standard InChI is InChI=1S/C21H28N4O/c1-5-24-8-10-25(11-9-24)21(26)19-14-18(6-7-22-19)23-20-16(3)12-15(2)13-17(20)4/h6-7,12-14H,5,8-11H2,1-4H3,(H,22,23). The van der Waals surface area contributed by atoms with Crippen LogP contribution in [0.25, 0.3) is 0 Å². The quantitative estimate of drug-likeness (QED) is 0.914. The highest BCUT2D eigenvalue weighted by Crippen LogP contribution is 2.26. The van der Waals surface area contributed by atoms with Crippen molar-refractivity contribution in [3.05, 3.63) is 52.8 Å². The summed E-state index contributed by atoms with van der Waals surface area (Å²) in [6.45, 7) is 12.9. The topological polar surface area (TPSA) is 48.5 Å². The summed E-state index contributed by atoms with van der Waals surface area (Å²) in [6.07, 6.45) is 1.71. The molecule has 2 aromatic rings. The van der Waals surface area contributed by atoms with E-state index in [4.69, 9.17) is 0 Å². The number of benzene rings is 1. The first kappa shape index (κ1) is 18.4. The van der Waals surface area contributed by atoms with Gasteiger partial charge in [0, 0.05) is 43.8 Å². The molecule has 0 bridgehead atoms. The summed E-state index contributed by atoms with van der Waals surface area (Å²) < 4.78 is 0. The number of aromatic nitrogens is 1. The molecule has 0 spiro atoms. The summed E-state index contributed by atoms with van der Waals surface area (Å²) in [6, 6.07) is 8.09. The third kappa shape index (κ3) is 4.05. The predicted octanol–water partition coefficient (Wildman–Crippen LogP) is 3.53. The van der Waals surface area contributed by atoms with Crippen LogP contribution in [0.2, 0.25) is 0 Å². The van der Waals surface area contributed by atoms with E-state index < -0.39 is 0 Å². The second-order valence-corrected chi connectivity index (χ2v) is 7.05. The average molecular weight is 352 g/mol. The van der Waals surface area contributed by atoms with Crippen molar-refractivity contribution in [1.82, 2.24) is 14.8 Å². The van der Waals surface area contributed by atoms with E-state index in [1.54, 1.807) is 6.20 Å². The van der Waals surface area contributed by atoms with E-state index in [-0.39, 0.29) is 5.91 Å². The summed E-state index contributed by atoms with van der Waals surface area (Å²) in [7, 11) is 0. The Kier molecular flexibility index (Phi) is 5.57. The fourth-order valence-electron chi connectivity index (χ4n) is 3.58. The molecule has 1 amide bonds. The molecule has 5 heteroatoms. The minimum absolute atomic E-state index is 0.0155. The molecule has 1 N–H and O–H groups in total. The summed E-state index contributed by atoms with van der Waals surface area (Å²) in [5.74, 6) is 0.0155. The van der Waals surface area contributed by atoms with Gasteiger partial charge in [0.1, 0.15) is 5.69 Å². The van der Waals surface area contributed by atoms with Crippen LogP contribution < -0.4 is 5.32 Å². The van der Waals surface area contributed by atoms with E-state index >= 15 is 0 Å². The summed E-state index contributed by atoms with van der Waals surface area (Å²) >= 11 is 0. The van der Waals surface area contributed by atoms with Crippen molar-refractivity contribution in [2.75, 3.05) is 38.0 Å². The second-order valence-electron chi connectivity index (χ2n) is 7.05. The van der Waals surface area contributed by atoms with E-state index in [1.165, 1.54) is 16.7 Å². The van der Waals surface area contributed by atoms with Crippen molar-refractivity contribution < 1.29 is 4.79 Å². The number of amides is 1. The van der Waals surface area contributed by atoms with Gasteiger partial charge in [0.2, 0.25) is 0 Å². The van der Waals surface area contributed by atoms with Gasteiger partial charge in [0.15, 0.2) is 0 Å². The number of carbonyl (C=O) groups excluding carboxylic acids is 1. The molecule has 138 valence electrons. The van der Waals surface area contributed by atoms with Crippen LogP contribution in [-0.2, 0) is 0 Å². The first-order valence-corrected chi connectivity index (χ1v) is 9.30. The van der Waals surface area contributed by atoms with Gasteiger partial charge < -0.3 is 15.1 Å². The molecular weight excluding hydrogens is 324 g/mol. The fraction of sp³-hybridized carbons (Fsp3) is 0.429. The van der Waals surface area contributed by atoms with Crippen LogP contribution in [0.15, 0.2) is 30.5 Å². The van der Waals surface area contributed by atoms with Gasteiger partial charge in [-0.2, -0.15) is 0 Å². The smallest absolute Gasteiger partial charge is 0.272 e. The third-order valence-electron chi connectivity index (χ3n) is 5.03. The highest BCUT2D eigenvalue weighted by Gasteiger charge is 2.22. The van der Waals surface area contributed by atoms with Crippen LogP contribution in [0.3, 0.4) is 0 Å². The number of aryl methyl sites for hydroxylation is 3. The Bertz CT molecular complexity index is 771. The molecule has 1 saturated heterocycles. The lowest BCUT2D eigenvalue weighted by Gasteiger charge is -2.33. The van der Waals surface area contributed by atoms with Crippen LogP contribution in [-0.4, -0.2) is 53.4 Å². The van der Waals surface area contributed by atoms with Crippen LogP contribution in [0, 0.1) is 20.8 Å². The zero-order chi connectivity index (χ0) is 18.7. The van der Waals surface area contributed by atoms with Gasteiger partial charge in [-0.3, -0.25) is 9.78 Å². The van der Waals surface area contributed by atoms with Crippen LogP contribution >= 0.6 is 0 Å². The lowest BCUT2D eigenvalue weighted by atomic mass is 10.0. The molecule has 0 unspecified atom stereocenters. The number of carbonyl (C=O) groups is 1. The van der Waals surface area contributed by atoms with Crippen molar-refractivity contribution in [3.63, 3.8) is 0 Å². The molecule has 5 nitrogen and oxygen atoms in total. The highest BCUT2D eigenvalue weighted by atomic mass is 16.2. The Morgan fingerprint density at radius 1 is 1.08 bits per heavy atom. The lowest BCUT2D eigenvalue weighted by Crippen LogP contribution is -2.48. The van der Waals surface area contributed by atoms with Crippen molar-refractivity contribution in [2.45, 2.75) is 27.7 Å². The summed E-state index contributed by atoms with van der Waals surface area (Å²) in [5.41, 5.74) is 6.14. The number of nitrogens with one attached hydrogen (secondary N) is 1. The molecule has 0 atom stereocenters. The van der Waals surface area contributed by atoms with Crippen molar-refractivity contribution in [1.29, 1.82) is 0 Å². The van der Waals surface area contributed by atoms with Gasteiger partial charge in [-0.05, 0) is 50.6 Å². The first-order valence-electron chi connectivity index (χ1n) is 9.30. The Labute approximate surface area is 156 Å². The van der Waals surface area contributed by atoms with Gasteiger partial charge >= 0.3 is 0 Å². The molecule has 0 saturated carbocycles. The molecule has 1 fully saturated rings. The molecular formula is C21H28N4O. The number of likely N-dealkylation sites (N-methyl/N-ethyl adjacent to an activating group) is 1. The van der Waals surface area contributed by atoms with Crippen LogP contribution in [0.5, 0.6) is 0 Å². The molecule has 3 rings (SSSR count). The Hall–Kier alpha value is -2.40. The Morgan fingerprint density at radius 2 is 1.73 bits per heavy atom. The van der Waals surface area contributed by atoms with Crippen LogP contribution in [0.4, 0.5) is 11.4 Å². The molecule has 1 aliphatic heterocycles. The van der Waals surface area contributed by atoms with E-state index in [1.807, 2.05) is 17.0 Å². The lowest BCUT2D eigenvalue weighted by molar-refractivity contribution is 0.0637. The van der Waals surface area contributed by atoms with Gasteiger partial charge in [-0.25, -0.2) is 0 Å². The van der Waals surface area contributed by atoms with Gasteiger partial charge in [0.05, 0.1) is 0 Å². The zero-order valence-corrected chi connectivity index (χ0v) is 16.2. The normalized spacial score (nSPS) is 15.2. The van der Waals surface area contributed by atoms with E-state index in [0.29, 0.717) is 5.69 Å². The molecule has 2 heterocycles. The van der Waals surface area contributed by atoms with Crippen molar-refractivity contribution in [2.24, 2.45) is 0 Å². The maximum absolute atomic E-state index is 12.8. The molecule has 26 heavy (non-hydrogen) atoms. The molecule has 0 aliphatic carbocycles. The second kappa shape index (κ2) is 7.87. The summed E-state index contributed by atoms with van der Waals surface area (Å²) in [5, 5.41) is 3.46. The van der Waals surface area contributed by atoms with E-state index in [2.05, 4.69) is 55.0 Å². The number of nitrogens with zero attached hydrogens (tertiary/aromatic N) is 3. The van der Waals surface area contributed by atoms with Gasteiger partial charge in [-0.15, -0.1) is 0 Å². The number of anilines is 2. The number of hydrogen-bond acceptors (Lipinski definition) is 4. The zero-order valence-electron chi connectivity index (χ0n) is 16.2. The number of piperazine rings is 1. The monoisotopic (exact) mass is 352 g/mol. The van der Waals surface area contributed by atoms with Gasteiger partial charge in [-0.1, -0.05) is 24.6 Å². The SMILES string of the molecule is CCN1CCN(C(=O)c2cc(Nc3c(C)cc(C)cc3C)ccn2)CC1. The number of rotatable bonds is 4. The number of pyridine rings is 1. The minimum atomic E-state index is 0.0155. The Morgan fingerprint density at radius 3 is 2.35 bits per heavy atom. The molecule has 1 aromatic carbocycles. The third-order valence-corrected chi connectivity index (χ3v) is 5.03. The largest absolute Gasteiger partial charge is 0.355 e. The maximum Gasteiger partial charge on any atom is 0.272 e. The molecule has 1 aromatic heterocycles. The maximum atomic E-state index is 12.8. The molecule has 0 radical (unpaired) electrons. The van der Waals surface area contributed by atoms with Crippen LogP contribution in [0.1, 0.15) is 34.1 Å². The van der Waals surface area contributed by atoms with Crippen molar-refractivity contribution >= 4 is 17.3 Å². The minimum Gasteiger partial charge on any atom is -0.355 e. The number of hydrogen-bond donors (Lipinski definition) is 1. The molecule has 1 aliphatic rings. The summed E-state index contributed by atoms with van der Waals surface area (Å²) in [4.78, 5) is 21.4. The van der Waals surface area contributed by atoms with Gasteiger partial charge in [0.25, 0.3) is 5.91 Å². The fourth-order valence-corrected chi connectivity index (χ4v) is 3.58. The predicted molar refractivity (Wildman–Crippen MR) is 106 cm³/mol. The first-order chi connectivity index (χ1) is 12.5. The van der Waals surface area contributed by atoms with E-state index in [9.17, 15) is 4.79 Å².